The summed E-state index contributed by atoms with van der Waals surface area (Å²) in [6, 6.07) is 5.45. The first-order valence-corrected chi connectivity index (χ1v) is 12.5. The molecule has 0 unspecified atom stereocenters. The van der Waals surface area contributed by atoms with Gasteiger partial charge in [0.2, 0.25) is 0 Å². The molecule has 1 spiro atoms. The van der Waals surface area contributed by atoms with Crippen molar-refractivity contribution in [1.82, 2.24) is 15.0 Å². The normalized spacial score (nSPS) is 18.7. The van der Waals surface area contributed by atoms with Gasteiger partial charge in [-0.1, -0.05) is 65.4 Å². The molecule has 188 valence electrons. The van der Waals surface area contributed by atoms with Gasteiger partial charge in [0.05, 0.1) is 24.6 Å². The Hall–Kier alpha value is -2.48. The average molecular weight is 549 g/mol. The Morgan fingerprint density at radius 1 is 1.00 bits per heavy atom. The molecule has 1 fully saturated rings. The van der Waals surface area contributed by atoms with Crippen molar-refractivity contribution in [3.05, 3.63) is 89.3 Å². The smallest absolute Gasteiger partial charge is 0.336 e. The maximum atomic E-state index is 13.1. The number of amides is 1. The number of nitrogens with zero attached hydrogens (tertiary/aromatic N) is 4. The number of benzene rings is 1. The number of ether oxygens (including phenoxy) is 2. The van der Waals surface area contributed by atoms with E-state index in [-0.39, 0.29) is 28.9 Å². The van der Waals surface area contributed by atoms with Gasteiger partial charge in [-0.25, -0.2) is 0 Å². The van der Waals surface area contributed by atoms with Gasteiger partial charge in [-0.05, 0) is 43.9 Å². The zero-order valence-corrected chi connectivity index (χ0v) is 21.8. The molecule has 6 rings (SSSR count). The predicted molar refractivity (Wildman–Crippen MR) is 135 cm³/mol. The maximum absolute atomic E-state index is 13.1. The van der Waals surface area contributed by atoms with Gasteiger partial charge in [0.15, 0.2) is 0 Å². The van der Waals surface area contributed by atoms with Crippen LogP contribution in [0.4, 0.5) is 5.69 Å². The van der Waals surface area contributed by atoms with Gasteiger partial charge in [0.25, 0.3) is 11.7 Å². The molecule has 9 heteroatoms. The van der Waals surface area contributed by atoms with Crippen LogP contribution in [-0.4, -0.2) is 40.7 Å². The zero-order chi connectivity index (χ0) is 24.1. The van der Waals surface area contributed by atoms with Gasteiger partial charge in [0.1, 0.15) is 0 Å². The van der Waals surface area contributed by atoms with E-state index in [0.29, 0.717) is 30.3 Å². The molecule has 0 N–H and O–H groups in total. The van der Waals surface area contributed by atoms with Gasteiger partial charge in [-0.3, -0.25) is 9.48 Å². The van der Waals surface area contributed by atoms with Crippen LogP contribution in [0.2, 0.25) is 5.02 Å². The number of carbonyl (C=O) groups is 1. The monoisotopic (exact) mass is 548 g/mol. The standard InChI is InChI=1S/C22H23ClN4O3.C5H6.Fe/c23-17-8-9-20-18(14-17)22(29-12-13-30-22)21(28)27(20)11-5-1-4-10-26-15-19(24-25-26)16-6-2-3-7-16;1-2-4-5-3-1;/h2-3,6-9,14-16H,1,4-5,10-13H2;1-4H,5H2;/q;;+2. The van der Waals surface area contributed by atoms with E-state index in [0.717, 1.165) is 43.6 Å². The molecule has 3 heterocycles. The number of halogens is 1. The van der Waals surface area contributed by atoms with Crippen LogP contribution in [0.3, 0.4) is 0 Å². The molecule has 0 bridgehead atoms. The molecular formula is C27H29ClFeN4O3+2. The number of allylic oxidation sites excluding steroid dienone is 8. The molecule has 7 nitrogen and oxygen atoms in total. The third-order valence-corrected chi connectivity index (χ3v) is 6.63. The van der Waals surface area contributed by atoms with Crippen LogP contribution in [0.5, 0.6) is 0 Å². The SMILES string of the molecule is C1=CCC=C1.O=C1N(CCCCCn2cc(C3C=CC=C3)nn2)c2ccc(Cl)cc2C12OCCO2.[Fe+2]. The number of unbranched alkanes of at least 4 members (excludes halogenated alkanes) is 2. The van der Waals surface area contributed by atoms with Crippen LogP contribution >= 0.6 is 11.6 Å². The number of rotatable bonds is 7. The Balaban J connectivity index is 0.000000455. The van der Waals surface area contributed by atoms with Gasteiger partial charge in [-0.15, -0.1) is 5.10 Å². The Kier molecular flexibility index (Phi) is 8.99. The molecule has 2 aliphatic heterocycles. The van der Waals surface area contributed by atoms with E-state index >= 15 is 0 Å². The number of hydrogen-bond donors (Lipinski definition) is 0. The molecule has 1 aromatic carbocycles. The molecule has 0 saturated carbocycles. The summed E-state index contributed by atoms with van der Waals surface area (Å²) in [4.78, 5) is 14.9. The number of aryl methyl sites for hydroxylation is 1. The Bertz CT molecular complexity index is 1160. The zero-order valence-electron chi connectivity index (χ0n) is 19.9. The van der Waals surface area contributed by atoms with Crippen molar-refractivity contribution in [2.45, 2.75) is 43.9 Å². The van der Waals surface area contributed by atoms with Crippen LogP contribution in [0.1, 0.15) is 42.9 Å². The fourth-order valence-corrected chi connectivity index (χ4v) is 4.81. The van der Waals surface area contributed by atoms with Crippen molar-refractivity contribution in [3.8, 4) is 0 Å². The van der Waals surface area contributed by atoms with Gasteiger partial charge >= 0.3 is 17.1 Å². The van der Waals surface area contributed by atoms with Crippen LogP contribution in [0.25, 0.3) is 0 Å². The number of fused-ring (bicyclic) bond motifs is 2. The van der Waals surface area contributed by atoms with Gasteiger partial charge < -0.3 is 14.4 Å². The molecule has 36 heavy (non-hydrogen) atoms. The van der Waals surface area contributed by atoms with Gasteiger partial charge in [-0.2, -0.15) is 0 Å². The van der Waals surface area contributed by atoms with E-state index < -0.39 is 5.79 Å². The van der Waals surface area contributed by atoms with Crippen LogP contribution in [-0.2, 0) is 43.7 Å². The van der Waals surface area contributed by atoms with Crippen molar-refractivity contribution in [3.63, 3.8) is 0 Å². The molecule has 1 aromatic heterocycles. The van der Waals surface area contributed by atoms with Crippen LogP contribution < -0.4 is 4.90 Å². The van der Waals surface area contributed by atoms with E-state index in [9.17, 15) is 4.79 Å². The summed E-state index contributed by atoms with van der Waals surface area (Å²) in [5.41, 5.74) is 2.51. The molecule has 1 amide bonds. The second kappa shape index (κ2) is 12.2. The topological polar surface area (TPSA) is 69.5 Å². The van der Waals surface area contributed by atoms with Crippen molar-refractivity contribution >= 4 is 23.2 Å². The molecule has 2 aliphatic carbocycles. The summed E-state index contributed by atoms with van der Waals surface area (Å²) in [6.45, 7) is 2.22. The number of hydrogen-bond acceptors (Lipinski definition) is 5. The minimum Gasteiger partial charge on any atom is -0.336 e. The van der Waals surface area contributed by atoms with E-state index in [1.807, 2.05) is 29.1 Å². The molecule has 1 saturated heterocycles. The second-order valence-corrected chi connectivity index (χ2v) is 9.22. The van der Waals surface area contributed by atoms with Crippen LogP contribution in [0, 0.1) is 0 Å². The third-order valence-electron chi connectivity index (χ3n) is 6.39. The van der Waals surface area contributed by atoms with E-state index in [1.165, 1.54) is 0 Å². The Morgan fingerprint density at radius 2 is 1.72 bits per heavy atom. The Morgan fingerprint density at radius 3 is 2.42 bits per heavy atom. The fraction of sp³-hybridized carbons (Fsp3) is 0.370. The first-order chi connectivity index (χ1) is 17.2. The van der Waals surface area contributed by atoms with E-state index in [1.54, 1.807) is 17.0 Å². The third kappa shape index (κ3) is 5.58. The minimum absolute atomic E-state index is 0. The maximum Gasteiger partial charge on any atom is 2.00 e. The van der Waals surface area contributed by atoms with Crippen molar-refractivity contribution in [1.29, 1.82) is 0 Å². The second-order valence-electron chi connectivity index (χ2n) is 8.79. The largest absolute Gasteiger partial charge is 2.00 e. The van der Waals surface area contributed by atoms with Crippen LogP contribution in [0.15, 0.2) is 73.0 Å². The quantitative estimate of drug-likeness (QED) is 0.357. The predicted octanol–water partition coefficient (Wildman–Crippen LogP) is 5.06. The first kappa shape index (κ1) is 26.6. The summed E-state index contributed by atoms with van der Waals surface area (Å²) in [6.07, 6.45) is 22.6. The summed E-state index contributed by atoms with van der Waals surface area (Å²) in [7, 11) is 0. The molecule has 0 atom stereocenters. The summed E-state index contributed by atoms with van der Waals surface area (Å²) < 4.78 is 13.4. The van der Waals surface area contributed by atoms with E-state index in [4.69, 9.17) is 21.1 Å². The molecule has 4 aliphatic rings. The first-order valence-electron chi connectivity index (χ1n) is 12.1. The molecule has 0 radical (unpaired) electrons. The molecular weight excluding hydrogens is 520 g/mol. The average Bonchev–Trinajstić information content (AvgIpc) is 3.70. The summed E-state index contributed by atoms with van der Waals surface area (Å²) in [5.74, 6) is -1.24. The summed E-state index contributed by atoms with van der Waals surface area (Å²) >= 11 is 6.17. The fourth-order valence-electron chi connectivity index (χ4n) is 4.64. The van der Waals surface area contributed by atoms with Gasteiger partial charge in [0, 0.05) is 35.8 Å². The van der Waals surface area contributed by atoms with Crippen molar-refractivity contribution in [2.75, 3.05) is 24.7 Å². The number of anilines is 1. The minimum atomic E-state index is -1.32. The summed E-state index contributed by atoms with van der Waals surface area (Å²) in [5, 5.41) is 9.05. The van der Waals surface area contributed by atoms with Crippen molar-refractivity contribution < 1.29 is 31.3 Å². The molecule has 2 aromatic rings. The van der Waals surface area contributed by atoms with E-state index in [2.05, 4.69) is 46.8 Å². The van der Waals surface area contributed by atoms with Crippen molar-refractivity contribution in [2.24, 2.45) is 0 Å². The number of aromatic nitrogens is 3. The Labute approximate surface area is 226 Å². The number of carbonyl (C=O) groups excluding carboxylic acids is 1.